The minimum atomic E-state index is 0.0211. The van der Waals surface area contributed by atoms with Crippen LogP contribution in [0.4, 0.5) is 0 Å². The second-order valence-electron chi connectivity index (χ2n) is 3.84. The molecule has 0 amide bonds. The third-order valence-electron chi connectivity index (χ3n) is 2.66. The highest BCUT2D eigenvalue weighted by Gasteiger charge is 2.05. The van der Waals surface area contributed by atoms with Gasteiger partial charge in [0.15, 0.2) is 5.43 Å². The Balaban J connectivity index is 2.44. The number of aryl methyl sites for hydroxylation is 1. The number of H-pyrrole nitrogens is 1. The molecule has 0 aliphatic heterocycles. The van der Waals surface area contributed by atoms with E-state index in [1.54, 1.807) is 6.20 Å². The van der Waals surface area contributed by atoms with Crippen molar-refractivity contribution >= 4 is 26.8 Å². The number of hydrogen-bond donors (Lipinski definition) is 1. The van der Waals surface area contributed by atoms with E-state index in [0.29, 0.717) is 11.8 Å². The highest BCUT2D eigenvalue weighted by atomic mass is 79.9. The fraction of sp³-hybridized carbons (Fsp3) is 0.231. The largest absolute Gasteiger partial charge is 0.361 e. The van der Waals surface area contributed by atoms with Crippen molar-refractivity contribution in [3.05, 3.63) is 44.7 Å². The topological polar surface area (TPSA) is 56.6 Å². The van der Waals surface area contributed by atoms with Gasteiger partial charge in [0.05, 0.1) is 11.6 Å². The summed E-state index contributed by atoms with van der Waals surface area (Å²) in [6, 6.07) is 7.46. The van der Waals surface area contributed by atoms with Crippen molar-refractivity contribution in [2.75, 3.05) is 0 Å². The maximum atomic E-state index is 11.7. The number of rotatable bonds is 3. The fourth-order valence-electron chi connectivity index (χ4n) is 1.79. The Morgan fingerprint density at radius 3 is 3.00 bits per heavy atom. The van der Waals surface area contributed by atoms with Crippen molar-refractivity contribution in [1.29, 1.82) is 5.26 Å². The van der Waals surface area contributed by atoms with Crippen LogP contribution < -0.4 is 5.43 Å². The summed E-state index contributed by atoms with van der Waals surface area (Å²) >= 11 is 3.49. The van der Waals surface area contributed by atoms with Crippen molar-refractivity contribution < 1.29 is 0 Å². The number of nitrogens with zero attached hydrogens (tertiary/aromatic N) is 1. The van der Waals surface area contributed by atoms with Crippen LogP contribution in [0, 0.1) is 11.3 Å². The molecule has 2 rings (SSSR count). The number of pyridine rings is 1. The van der Waals surface area contributed by atoms with E-state index in [2.05, 4.69) is 27.0 Å². The molecular formula is C13H11BrN2O. The average Bonchev–Trinajstić information content (AvgIpc) is 2.31. The lowest BCUT2D eigenvalue weighted by Gasteiger charge is -2.05. The summed E-state index contributed by atoms with van der Waals surface area (Å²) in [5.74, 6) is 0. The van der Waals surface area contributed by atoms with Gasteiger partial charge < -0.3 is 4.98 Å². The number of nitriles is 1. The minimum absolute atomic E-state index is 0.0211. The monoisotopic (exact) mass is 290 g/mol. The van der Waals surface area contributed by atoms with E-state index in [0.717, 1.165) is 28.4 Å². The summed E-state index contributed by atoms with van der Waals surface area (Å²) in [6.07, 6.45) is 3.80. The van der Waals surface area contributed by atoms with Gasteiger partial charge in [-0.15, -0.1) is 0 Å². The van der Waals surface area contributed by atoms with Crippen LogP contribution in [0.5, 0.6) is 0 Å². The van der Waals surface area contributed by atoms with Crippen molar-refractivity contribution in [1.82, 2.24) is 4.98 Å². The smallest absolute Gasteiger partial charge is 0.189 e. The van der Waals surface area contributed by atoms with Crippen molar-refractivity contribution in [2.45, 2.75) is 19.3 Å². The van der Waals surface area contributed by atoms with Crippen LogP contribution in [0.1, 0.15) is 18.4 Å². The van der Waals surface area contributed by atoms with Crippen LogP contribution in [0.2, 0.25) is 0 Å². The molecule has 0 aliphatic rings. The SMILES string of the molecule is N#CCCCc1cc2c(=O)cc[nH]c2cc1Br. The number of benzene rings is 1. The molecule has 1 heterocycles. The zero-order valence-electron chi connectivity index (χ0n) is 9.16. The van der Waals surface area contributed by atoms with Crippen molar-refractivity contribution in [2.24, 2.45) is 0 Å². The predicted molar refractivity (Wildman–Crippen MR) is 70.8 cm³/mol. The summed E-state index contributed by atoms with van der Waals surface area (Å²) < 4.78 is 0.977. The molecule has 86 valence electrons. The predicted octanol–water partition coefficient (Wildman–Crippen LogP) is 3.14. The van der Waals surface area contributed by atoms with Gasteiger partial charge in [0, 0.05) is 28.5 Å². The van der Waals surface area contributed by atoms with Crippen molar-refractivity contribution in [3.8, 4) is 6.07 Å². The zero-order chi connectivity index (χ0) is 12.3. The molecule has 4 heteroatoms. The van der Waals surface area contributed by atoms with Gasteiger partial charge in [-0.25, -0.2) is 0 Å². The van der Waals surface area contributed by atoms with Gasteiger partial charge >= 0.3 is 0 Å². The number of aromatic amines is 1. The Morgan fingerprint density at radius 1 is 1.41 bits per heavy atom. The summed E-state index contributed by atoms with van der Waals surface area (Å²) in [4.78, 5) is 14.7. The molecule has 0 unspecified atom stereocenters. The quantitative estimate of drug-likeness (QED) is 0.883. The Kier molecular flexibility index (Phi) is 3.60. The molecule has 17 heavy (non-hydrogen) atoms. The summed E-state index contributed by atoms with van der Waals surface area (Å²) in [5, 5.41) is 9.21. The number of hydrogen-bond acceptors (Lipinski definition) is 2. The third kappa shape index (κ3) is 2.56. The first-order chi connectivity index (χ1) is 8.22. The first-order valence-electron chi connectivity index (χ1n) is 5.39. The lowest BCUT2D eigenvalue weighted by molar-refractivity contribution is 0.848. The number of unbranched alkanes of at least 4 members (excludes halogenated alkanes) is 1. The van der Waals surface area contributed by atoms with Crippen LogP contribution in [0.3, 0.4) is 0 Å². The Hall–Kier alpha value is -1.60. The second kappa shape index (κ2) is 5.15. The van der Waals surface area contributed by atoms with Crippen molar-refractivity contribution in [3.63, 3.8) is 0 Å². The number of halogens is 1. The molecule has 1 aromatic heterocycles. The Labute approximate surface area is 107 Å². The lowest BCUT2D eigenvalue weighted by Crippen LogP contribution is -2.01. The Bertz CT molecular complexity index is 640. The maximum absolute atomic E-state index is 11.7. The number of aromatic nitrogens is 1. The van der Waals surface area contributed by atoms with Gasteiger partial charge in [0.25, 0.3) is 0 Å². The fourth-order valence-corrected chi connectivity index (χ4v) is 2.33. The van der Waals surface area contributed by atoms with Gasteiger partial charge in [-0.3, -0.25) is 4.79 Å². The van der Waals surface area contributed by atoms with Crippen LogP contribution in [-0.2, 0) is 6.42 Å². The molecule has 0 saturated heterocycles. The zero-order valence-corrected chi connectivity index (χ0v) is 10.8. The molecule has 1 aromatic carbocycles. The molecule has 0 fully saturated rings. The van der Waals surface area contributed by atoms with E-state index in [1.807, 2.05) is 12.1 Å². The molecule has 0 bridgehead atoms. The highest BCUT2D eigenvalue weighted by Crippen LogP contribution is 2.23. The standard InChI is InChI=1S/C13H11BrN2O/c14-11-8-12-10(13(17)4-6-16-12)7-9(11)3-1-2-5-15/h4,6-8H,1-3H2,(H,16,17). The number of nitrogens with one attached hydrogen (secondary N) is 1. The van der Waals surface area contributed by atoms with E-state index in [1.165, 1.54) is 6.07 Å². The molecule has 0 radical (unpaired) electrons. The van der Waals surface area contributed by atoms with Gasteiger partial charge in [0.2, 0.25) is 0 Å². The lowest BCUT2D eigenvalue weighted by atomic mass is 10.1. The van der Waals surface area contributed by atoms with E-state index < -0.39 is 0 Å². The first-order valence-corrected chi connectivity index (χ1v) is 6.18. The van der Waals surface area contributed by atoms with E-state index in [4.69, 9.17) is 5.26 Å². The molecule has 0 atom stereocenters. The van der Waals surface area contributed by atoms with Gasteiger partial charge in [-0.05, 0) is 30.5 Å². The van der Waals surface area contributed by atoms with Gasteiger partial charge in [0.1, 0.15) is 0 Å². The van der Waals surface area contributed by atoms with Crippen LogP contribution in [0.25, 0.3) is 10.9 Å². The summed E-state index contributed by atoms with van der Waals surface area (Å²) in [6.45, 7) is 0. The normalized spacial score (nSPS) is 10.4. The van der Waals surface area contributed by atoms with E-state index in [-0.39, 0.29) is 5.43 Å². The van der Waals surface area contributed by atoms with Crippen LogP contribution >= 0.6 is 15.9 Å². The van der Waals surface area contributed by atoms with Crippen LogP contribution in [0.15, 0.2) is 33.7 Å². The molecule has 2 aromatic rings. The van der Waals surface area contributed by atoms with Gasteiger partial charge in [-0.1, -0.05) is 15.9 Å². The van der Waals surface area contributed by atoms with Gasteiger partial charge in [-0.2, -0.15) is 5.26 Å². The van der Waals surface area contributed by atoms with E-state index in [9.17, 15) is 4.79 Å². The summed E-state index contributed by atoms with van der Waals surface area (Å²) in [7, 11) is 0. The summed E-state index contributed by atoms with van der Waals surface area (Å²) in [5.41, 5.74) is 1.92. The molecular weight excluding hydrogens is 280 g/mol. The Morgan fingerprint density at radius 2 is 2.24 bits per heavy atom. The molecule has 0 aliphatic carbocycles. The van der Waals surface area contributed by atoms with E-state index >= 15 is 0 Å². The first kappa shape index (κ1) is 11.9. The molecule has 0 spiro atoms. The second-order valence-corrected chi connectivity index (χ2v) is 4.70. The third-order valence-corrected chi connectivity index (χ3v) is 3.40. The minimum Gasteiger partial charge on any atom is -0.361 e. The maximum Gasteiger partial charge on any atom is 0.189 e. The highest BCUT2D eigenvalue weighted by molar-refractivity contribution is 9.10. The average molecular weight is 291 g/mol. The molecule has 0 saturated carbocycles. The number of fused-ring (bicyclic) bond motifs is 1. The van der Waals surface area contributed by atoms with Crippen LogP contribution in [-0.4, -0.2) is 4.98 Å². The molecule has 3 nitrogen and oxygen atoms in total. The molecule has 1 N–H and O–H groups in total.